The van der Waals surface area contributed by atoms with Crippen LogP contribution in [0.25, 0.3) is 16.8 Å². The summed E-state index contributed by atoms with van der Waals surface area (Å²) in [6.07, 6.45) is 12.6. The molecule has 0 saturated heterocycles. The second kappa shape index (κ2) is 9.02. The van der Waals surface area contributed by atoms with Gasteiger partial charge >= 0.3 is 5.97 Å². The van der Waals surface area contributed by atoms with Crippen molar-refractivity contribution in [3.05, 3.63) is 53.1 Å². The molecule has 1 aliphatic rings. The highest BCUT2D eigenvalue weighted by molar-refractivity contribution is 5.97. The maximum Gasteiger partial charge on any atom is 0.306 e. The Hall–Kier alpha value is -2.09. The van der Waals surface area contributed by atoms with Crippen molar-refractivity contribution in [1.82, 2.24) is 0 Å². The number of aryl methyl sites for hydroxylation is 1. The van der Waals surface area contributed by atoms with Gasteiger partial charge in [-0.05, 0) is 47.2 Å². The highest BCUT2D eigenvalue weighted by atomic mass is 16.5. The number of esters is 1. The van der Waals surface area contributed by atoms with E-state index < -0.39 is 0 Å². The lowest BCUT2D eigenvalue weighted by atomic mass is 9.87. The van der Waals surface area contributed by atoms with Crippen LogP contribution < -0.4 is 0 Å². The molecule has 0 spiro atoms. The fraction of sp³-hybridized carbons (Fsp3) is 0.458. The third kappa shape index (κ3) is 4.17. The second-order valence-corrected chi connectivity index (χ2v) is 7.27. The highest BCUT2D eigenvalue weighted by Crippen LogP contribution is 2.37. The summed E-state index contributed by atoms with van der Waals surface area (Å²) < 4.78 is 5.77. The number of carbonyl (C=O) groups excluding carboxylic acids is 1. The summed E-state index contributed by atoms with van der Waals surface area (Å²) in [7, 11) is 0. The molecule has 2 aromatic carbocycles. The molecular weight excluding hydrogens is 320 g/mol. The molecule has 1 unspecified atom stereocenters. The molecule has 3 rings (SSSR count). The van der Waals surface area contributed by atoms with Gasteiger partial charge in [0.2, 0.25) is 0 Å². The van der Waals surface area contributed by atoms with E-state index in [2.05, 4.69) is 56.3 Å². The maximum absolute atomic E-state index is 12.1. The molecule has 0 amide bonds. The van der Waals surface area contributed by atoms with Crippen LogP contribution >= 0.6 is 0 Å². The van der Waals surface area contributed by atoms with Crippen LogP contribution in [0.1, 0.15) is 81.6 Å². The third-order valence-electron chi connectivity index (χ3n) is 5.25. The van der Waals surface area contributed by atoms with Gasteiger partial charge in [-0.25, -0.2) is 0 Å². The molecular formula is C24H30O2. The summed E-state index contributed by atoms with van der Waals surface area (Å²) in [5.74, 6) is -0.0994. The van der Waals surface area contributed by atoms with Gasteiger partial charge in [0.15, 0.2) is 0 Å². The summed E-state index contributed by atoms with van der Waals surface area (Å²) in [5, 5.41) is 2.49. The highest BCUT2D eigenvalue weighted by Gasteiger charge is 2.22. The van der Waals surface area contributed by atoms with Crippen molar-refractivity contribution < 1.29 is 9.53 Å². The Morgan fingerprint density at radius 2 is 1.85 bits per heavy atom. The van der Waals surface area contributed by atoms with Crippen LogP contribution in [0.3, 0.4) is 0 Å². The lowest BCUT2D eigenvalue weighted by molar-refractivity contribution is -0.147. The SMILES string of the molecule is CCCCCCc1ccc2cccc3c2c1C=CC3OC(=O)CCCC. The number of hydrogen-bond acceptors (Lipinski definition) is 2. The minimum absolute atomic E-state index is 0.0994. The van der Waals surface area contributed by atoms with Gasteiger partial charge < -0.3 is 4.74 Å². The van der Waals surface area contributed by atoms with Gasteiger partial charge in [-0.15, -0.1) is 0 Å². The maximum atomic E-state index is 12.1. The Morgan fingerprint density at radius 3 is 2.65 bits per heavy atom. The largest absolute Gasteiger partial charge is 0.453 e. The van der Waals surface area contributed by atoms with E-state index in [1.165, 1.54) is 47.6 Å². The van der Waals surface area contributed by atoms with Crippen LogP contribution in [-0.4, -0.2) is 5.97 Å². The van der Waals surface area contributed by atoms with Crippen LogP contribution in [0.2, 0.25) is 0 Å². The van der Waals surface area contributed by atoms with Crippen molar-refractivity contribution in [2.45, 2.75) is 71.3 Å². The van der Waals surface area contributed by atoms with E-state index in [9.17, 15) is 4.79 Å². The number of benzene rings is 2. The van der Waals surface area contributed by atoms with Gasteiger partial charge in [-0.2, -0.15) is 0 Å². The van der Waals surface area contributed by atoms with Crippen LogP contribution in [0.5, 0.6) is 0 Å². The average Bonchev–Trinajstić information content (AvgIpc) is 2.67. The zero-order valence-corrected chi connectivity index (χ0v) is 16.1. The van der Waals surface area contributed by atoms with Gasteiger partial charge in [0.05, 0.1) is 0 Å². The molecule has 0 radical (unpaired) electrons. The third-order valence-corrected chi connectivity index (χ3v) is 5.25. The Kier molecular flexibility index (Phi) is 6.49. The van der Waals surface area contributed by atoms with E-state index in [0.717, 1.165) is 24.8 Å². The fourth-order valence-electron chi connectivity index (χ4n) is 3.78. The number of unbranched alkanes of at least 4 members (excludes halogenated alkanes) is 4. The lowest BCUT2D eigenvalue weighted by Gasteiger charge is -2.23. The first-order chi connectivity index (χ1) is 12.7. The van der Waals surface area contributed by atoms with E-state index in [1.807, 2.05) is 0 Å². The van der Waals surface area contributed by atoms with E-state index in [4.69, 9.17) is 4.74 Å². The molecule has 1 atom stereocenters. The zero-order chi connectivity index (χ0) is 18.4. The molecule has 0 bridgehead atoms. The van der Waals surface area contributed by atoms with E-state index in [-0.39, 0.29) is 12.1 Å². The van der Waals surface area contributed by atoms with Crippen molar-refractivity contribution in [2.75, 3.05) is 0 Å². The summed E-state index contributed by atoms with van der Waals surface area (Å²) in [5.41, 5.74) is 3.85. The van der Waals surface area contributed by atoms with Gasteiger partial charge in [-0.3, -0.25) is 4.79 Å². The summed E-state index contributed by atoms with van der Waals surface area (Å²) in [6, 6.07) is 10.8. The first kappa shape index (κ1) is 18.7. The molecule has 0 saturated carbocycles. The van der Waals surface area contributed by atoms with E-state index in [0.29, 0.717) is 6.42 Å². The average molecular weight is 351 g/mol. The van der Waals surface area contributed by atoms with Crippen molar-refractivity contribution >= 4 is 22.8 Å². The minimum atomic E-state index is -0.258. The smallest absolute Gasteiger partial charge is 0.306 e. The predicted octanol–water partition coefficient (Wildman–Crippen LogP) is 6.76. The first-order valence-electron chi connectivity index (χ1n) is 10.2. The minimum Gasteiger partial charge on any atom is -0.453 e. The quantitative estimate of drug-likeness (QED) is 0.369. The molecule has 138 valence electrons. The Balaban J connectivity index is 1.85. The molecule has 0 aliphatic heterocycles. The lowest BCUT2D eigenvalue weighted by Crippen LogP contribution is -2.12. The predicted molar refractivity (Wildman–Crippen MR) is 109 cm³/mol. The molecule has 2 nitrogen and oxygen atoms in total. The number of ether oxygens (including phenoxy) is 1. The molecule has 2 heteroatoms. The summed E-state index contributed by atoms with van der Waals surface area (Å²) in [4.78, 5) is 12.1. The Morgan fingerprint density at radius 1 is 1.00 bits per heavy atom. The molecule has 0 N–H and O–H groups in total. The Labute approximate surface area is 157 Å². The fourth-order valence-corrected chi connectivity index (χ4v) is 3.78. The molecule has 0 aromatic heterocycles. The topological polar surface area (TPSA) is 26.3 Å². The van der Waals surface area contributed by atoms with Crippen LogP contribution in [0.15, 0.2) is 36.4 Å². The zero-order valence-electron chi connectivity index (χ0n) is 16.1. The standard InChI is InChI=1S/C24H30O2/c1-3-5-7-8-10-18-14-15-19-11-9-12-21-22(17-16-20(18)24(19)21)26-23(25)13-6-4-2/h9,11-12,14-17,22H,3-8,10,13H2,1-2H3. The number of rotatable bonds is 9. The van der Waals surface area contributed by atoms with Crippen LogP contribution in [0, 0.1) is 0 Å². The molecule has 0 fully saturated rings. The van der Waals surface area contributed by atoms with Crippen LogP contribution in [0.4, 0.5) is 0 Å². The molecule has 0 heterocycles. The van der Waals surface area contributed by atoms with Crippen molar-refractivity contribution in [3.63, 3.8) is 0 Å². The van der Waals surface area contributed by atoms with Crippen molar-refractivity contribution in [2.24, 2.45) is 0 Å². The Bertz CT molecular complexity index is 788. The van der Waals surface area contributed by atoms with Crippen molar-refractivity contribution in [3.8, 4) is 0 Å². The molecule has 2 aromatic rings. The van der Waals surface area contributed by atoms with E-state index >= 15 is 0 Å². The van der Waals surface area contributed by atoms with Crippen molar-refractivity contribution in [1.29, 1.82) is 0 Å². The van der Waals surface area contributed by atoms with Gasteiger partial charge in [0.1, 0.15) is 6.10 Å². The first-order valence-corrected chi connectivity index (χ1v) is 10.2. The second-order valence-electron chi connectivity index (χ2n) is 7.27. The summed E-state index contributed by atoms with van der Waals surface area (Å²) >= 11 is 0. The van der Waals surface area contributed by atoms with Gasteiger partial charge in [0, 0.05) is 12.0 Å². The van der Waals surface area contributed by atoms with Gasteiger partial charge in [-0.1, -0.05) is 75.9 Å². The van der Waals surface area contributed by atoms with Gasteiger partial charge in [0.25, 0.3) is 0 Å². The monoisotopic (exact) mass is 350 g/mol. The van der Waals surface area contributed by atoms with Crippen LogP contribution in [-0.2, 0) is 16.0 Å². The molecule has 26 heavy (non-hydrogen) atoms. The number of hydrogen-bond donors (Lipinski definition) is 0. The normalized spacial score (nSPS) is 15.4. The molecule has 1 aliphatic carbocycles. The van der Waals surface area contributed by atoms with E-state index in [1.54, 1.807) is 0 Å². The summed E-state index contributed by atoms with van der Waals surface area (Å²) in [6.45, 7) is 4.34. The number of carbonyl (C=O) groups is 1.